The highest BCUT2D eigenvalue weighted by molar-refractivity contribution is 7.99. The van der Waals surface area contributed by atoms with Gasteiger partial charge >= 0.3 is 0 Å². The molecule has 1 N–H and O–H groups in total. The summed E-state index contributed by atoms with van der Waals surface area (Å²) in [6, 6.07) is 15.7. The van der Waals surface area contributed by atoms with Crippen molar-refractivity contribution in [3.63, 3.8) is 0 Å². The van der Waals surface area contributed by atoms with Crippen LogP contribution < -0.4 is 14.8 Å². The molecule has 0 saturated carbocycles. The molecule has 0 unspecified atom stereocenters. The first-order valence-electron chi connectivity index (χ1n) is 11.4. The highest BCUT2D eigenvalue weighted by Crippen LogP contribution is 2.33. The van der Waals surface area contributed by atoms with E-state index in [0.717, 1.165) is 22.8 Å². The Labute approximate surface area is 208 Å². The Morgan fingerprint density at radius 3 is 2.69 bits per heavy atom. The highest BCUT2D eigenvalue weighted by atomic mass is 32.2. The fourth-order valence-electron chi connectivity index (χ4n) is 4.02. The Bertz CT molecular complexity index is 1380. The molecule has 1 amide bonds. The first-order chi connectivity index (χ1) is 17.0. The SMILES string of the molecule is Cc1cccc(-n2c(Cc3cccn3C)nnc2SCC(=O)Nc2ccc3c(c2)OCCO3)c1C. The average Bonchev–Trinajstić information content (AvgIpc) is 3.45. The van der Waals surface area contributed by atoms with Gasteiger partial charge in [-0.2, -0.15) is 0 Å². The van der Waals surface area contributed by atoms with E-state index < -0.39 is 0 Å². The summed E-state index contributed by atoms with van der Waals surface area (Å²) >= 11 is 1.36. The van der Waals surface area contributed by atoms with Crippen LogP contribution in [0.5, 0.6) is 11.5 Å². The molecule has 0 radical (unpaired) electrons. The minimum absolute atomic E-state index is 0.133. The molecule has 0 spiro atoms. The van der Waals surface area contributed by atoms with Gasteiger partial charge in [0.25, 0.3) is 0 Å². The zero-order valence-electron chi connectivity index (χ0n) is 19.9. The Morgan fingerprint density at radius 2 is 1.89 bits per heavy atom. The fraction of sp³-hybridized carbons (Fsp3) is 0.269. The second kappa shape index (κ2) is 9.87. The number of carbonyl (C=O) groups is 1. The number of aromatic nitrogens is 4. The van der Waals surface area contributed by atoms with Gasteiger partial charge in [-0.25, -0.2) is 0 Å². The van der Waals surface area contributed by atoms with E-state index in [1.54, 1.807) is 6.07 Å². The molecule has 1 aliphatic heterocycles. The van der Waals surface area contributed by atoms with Crippen LogP contribution in [0, 0.1) is 13.8 Å². The molecule has 0 aliphatic carbocycles. The van der Waals surface area contributed by atoms with Crippen LogP contribution in [0.3, 0.4) is 0 Å². The number of fused-ring (bicyclic) bond motifs is 1. The van der Waals surface area contributed by atoms with Gasteiger partial charge in [0, 0.05) is 37.1 Å². The van der Waals surface area contributed by atoms with Gasteiger partial charge in [-0.3, -0.25) is 9.36 Å². The van der Waals surface area contributed by atoms with E-state index in [1.807, 2.05) is 37.5 Å². The van der Waals surface area contributed by atoms with E-state index >= 15 is 0 Å². The van der Waals surface area contributed by atoms with Crippen molar-refractivity contribution in [1.29, 1.82) is 0 Å². The number of benzene rings is 2. The van der Waals surface area contributed by atoms with E-state index in [2.05, 4.69) is 56.7 Å². The van der Waals surface area contributed by atoms with Gasteiger partial charge in [-0.05, 0) is 55.3 Å². The molecule has 0 bridgehead atoms. The topological polar surface area (TPSA) is 83.2 Å². The molecule has 0 atom stereocenters. The number of anilines is 1. The Kier molecular flexibility index (Phi) is 6.50. The number of hydrogen-bond donors (Lipinski definition) is 1. The number of aryl methyl sites for hydroxylation is 2. The number of thioether (sulfide) groups is 1. The van der Waals surface area contributed by atoms with Crippen molar-refractivity contribution in [3.05, 3.63) is 77.4 Å². The van der Waals surface area contributed by atoms with Gasteiger partial charge in [0.1, 0.15) is 19.0 Å². The van der Waals surface area contributed by atoms with Crippen molar-refractivity contribution in [2.45, 2.75) is 25.4 Å². The second-order valence-electron chi connectivity index (χ2n) is 8.44. The Hall–Kier alpha value is -3.72. The molecule has 2 aromatic heterocycles. The molecule has 1 aliphatic rings. The van der Waals surface area contributed by atoms with Gasteiger partial charge in [-0.1, -0.05) is 23.9 Å². The second-order valence-corrected chi connectivity index (χ2v) is 9.38. The standard InChI is InChI=1S/C26H27N5O3S/c1-17-6-4-8-21(18(17)2)31-24(15-20-7-5-11-30(20)3)28-29-26(31)35-16-25(32)27-19-9-10-22-23(14-19)34-13-12-33-22/h4-11,14H,12-13,15-16H2,1-3H3,(H,27,32). The molecule has 4 aromatic rings. The van der Waals surface area contributed by atoms with E-state index in [-0.39, 0.29) is 11.7 Å². The minimum atomic E-state index is -0.133. The van der Waals surface area contributed by atoms with E-state index in [9.17, 15) is 4.79 Å². The van der Waals surface area contributed by atoms with Crippen molar-refractivity contribution in [1.82, 2.24) is 19.3 Å². The summed E-state index contributed by atoms with van der Waals surface area (Å²) in [5.41, 5.74) is 5.17. The van der Waals surface area contributed by atoms with Crippen molar-refractivity contribution in [2.24, 2.45) is 7.05 Å². The number of carbonyl (C=O) groups excluding carboxylic acids is 1. The largest absolute Gasteiger partial charge is 0.486 e. The fourth-order valence-corrected chi connectivity index (χ4v) is 4.78. The monoisotopic (exact) mass is 489 g/mol. The van der Waals surface area contributed by atoms with Crippen LogP contribution in [0.15, 0.2) is 59.9 Å². The maximum absolute atomic E-state index is 12.8. The summed E-state index contributed by atoms with van der Waals surface area (Å²) in [4.78, 5) is 12.8. The predicted molar refractivity (Wildman–Crippen MR) is 136 cm³/mol. The normalized spacial score (nSPS) is 12.5. The predicted octanol–water partition coefficient (Wildman–Crippen LogP) is 4.32. The zero-order valence-corrected chi connectivity index (χ0v) is 20.8. The van der Waals surface area contributed by atoms with Crippen molar-refractivity contribution < 1.29 is 14.3 Å². The molecule has 0 fully saturated rings. The van der Waals surface area contributed by atoms with Crippen LogP contribution in [-0.2, 0) is 18.3 Å². The number of amides is 1. The van der Waals surface area contributed by atoms with Crippen LogP contribution in [-0.4, -0.2) is 44.2 Å². The third-order valence-electron chi connectivity index (χ3n) is 6.07. The van der Waals surface area contributed by atoms with Crippen LogP contribution in [0.1, 0.15) is 22.6 Å². The number of hydrogen-bond acceptors (Lipinski definition) is 6. The van der Waals surface area contributed by atoms with Gasteiger partial charge in [0.2, 0.25) is 5.91 Å². The maximum Gasteiger partial charge on any atom is 0.234 e. The van der Waals surface area contributed by atoms with Crippen molar-refractivity contribution in [3.8, 4) is 17.2 Å². The van der Waals surface area contributed by atoms with Crippen LogP contribution >= 0.6 is 11.8 Å². The summed E-state index contributed by atoms with van der Waals surface area (Å²) in [5, 5.41) is 12.6. The smallest absolute Gasteiger partial charge is 0.234 e. The molecule has 35 heavy (non-hydrogen) atoms. The molecule has 180 valence electrons. The molecular weight excluding hydrogens is 462 g/mol. The minimum Gasteiger partial charge on any atom is -0.486 e. The van der Waals surface area contributed by atoms with E-state index in [0.29, 0.717) is 42.0 Å². The number of nitrogens with one attached hydrogen (secondary N) is 1. The van der Waals surface area contributed by atoms with Crippen molar-refractivity contribution in [2.75, 3.05) is 24.3 Å². The Balaban J connectivity index is 1.37. The third kappa shape index (κ3) is 4.90. The first-order valence-corrected chi connectivity index (χ1v) is 12.4. The molecule has 0 saturated heterocycles. The summed E-state index contributed by atoms with van der Waals surface area (Å²) in [6.07, 6.45) is 2.65. The van der Waals surface area contributed by atoms with Gasteiger partial charge < -0.3 is 19.4 Å². The number of ether oxygens (including phenoxy) is 2. The zero-order chi connectivity index (χ0) is 24.4. The third-order valence-corrected chi connectivity index (χ3v) is 7.00. The quantitative estimate of drug-likeness (QED) is 0.390. The van der Waals surface area contributed by atoms with Crippen molar-refractivity contribution >= 4 is 23.4 Å². The molecule has 3 heterocycles. The van der Waals surface area contributed by atoms with Crippen LogP contribution in [0.2, 0.25) is 0 Å². The lowest BCUT2D eigenvalue weighted by Crippen LogP contribution is -2.17. The van der Waals surface area contributed by atoms with E-state index in [4.69, 9.17) is 9.47 Å². The lowest BCUT2D eigenvalue weighted by molar-refractivity contribution is -0.113. The van der Waals surface area contributed by atoms with Crippen LogP contribution in [0.25, 0.3) is 5.69 Å². The van der Waals surface area contributed by atoms with Crippen LogP contribution in [0.4, 0.5) is 5.69 Å². The van der Waals surface area contributed by atoms with Gasteiger partial charge in [0.15, 0.2) is 16.7 Å². The van der Waals surface area contributed by atoms with Gasteiger partial charge in [-0.15, -0.1) is 10.2 Å². The lowest BCUT2D eigenvalue weighted by atomic mass is 10.1. The summed E-state index contributed by atoms with van der Waals surface area (Å²) in [6.45, 7) is 5.22. The van der Waals surface area contributed by atoms with Gasteiger partial charge in [0.05, 0.1) is 11.4 Å². The summed E-state index contributed by atoms with van der Waals surface area (Å²) < 4.78 is 15.3. The molecule has 9 heteroatoms. The summed E-state index contributed by atoms with van der Waals surface area (Å²) in [7, 11) is 2.02. The molecule has 5 rings (SSSR count). The average molecular weight is 490 g/mol. The molecular formula is C26H27N5O3S. The Morgan fingerprint density at radius 1 is 1.06 bits per heavy atom. The maximum atomic E-state index is 12.8. The first kappa shape index (κ1) is 23.0. The lowest BCUT2D eigenvalue weighted by Gasteiger charge is -2.19. The van der Waals surface area contributed by atoms with E-state index in [1.165, 1.54) is 17.3 Å². The summed E-state index contributed by atoms with van der Waals surface area (Å²) in [5.74, 6) is 2.22. The molecule has 2 aromatic carbocycles. The molecule has 8 nitrogen and oxygen atoms in total. The highest BCUT2D eigenvalue weighted by Gasteiger charge is 2.19. The number of rotatable bonds is 7. The number of nitrogens with zero attached hydrogens (tertiary/aromatic N) is 4.